The molecule has 0 aromatic heterocycles. The Bertz CT molecular complexity index is 299. The van der Waals surface area contributed by atoms with Crippen LogP contribution in [0.2, 0.25) is 0 Å². The van der Waals surface area contributed by atoms with Crippen molar-refractivity contribution in [2.75, 3.05) is 0 Å². The smallest absolute Gasteiger partial charge is 0.113 e. The van der Waals surface area contributed by atoms with Gasteiger partial charge in [0.05, 0.1) is 6.61 Å². The molecular formula is C11H15BO. The molecule has 0 amide bonds. The molecule has 1 nitrogen and oxygen atoms in total. The second-order valence-electron chi connectivity index (χ2n) is 4.37. The molecule has 0 aliphatic rings. The Morgan fingerprint density at radius 1 is 1.23 bits per heavy atom. The van der Waals surface area contributed by atoms with Gasteiger partial charge in [-0.15, -0.1) is 0 Å². The van der Waals surface area contributed by atoms with E-state index < -0.39 is 0 Å². The molecule has 1 aromatic carbocycles. The maximum atomic E-state index is 9.00. The number of aliphatic hydroxyl groups excluding tert-OH is 1. The van der Waals surface area contributed by atoms with E-state index in [-0.39, 0.29) is 12.0 Å². The Hall–Kier alpha value is -0.755. The zero-order valence-electron chi connectivity index (χ0n) is 8.46. The predicted molar refractivity (Wildman–Crippen MR) is 56.5 cm³/mol. The van der Waals surface area contributed by atoms with Crippen molar-refractivity contribution in [3.8, 4) is 0 Å². The third kappa shape index (κ3) is 2.59. The van der Waals surface area contributed by atoms with Crippen LogP contribution in [0.5, 0.6) is 0 Å². The van der Waals surface area contributed by atoms with Crippen molar-refractivity contribution >= 4 is 13.3 Å². The van der Waals surface area contributed by atoms with Gasteiger partial charge in [-0.25, -0.2) is 0 Å². The second-order valence-corrected chi connectivity index (χ2v) is 4.37. The highest BCUT2D eigenvalue weighted by Gasteiger charge is 2.13. The molecule has 1 N–H and O–H groups in total. The molecule has 0 spiro atoms. The quantitative estimate of drug-likeness (QED) is 0.635. The minimum Gasteiger partial charge on any atom is -0.392 e. The highest BCUT2D eigenvalue weighted by atomic mass is 16.3. The van der Waals surface area contributed by atoms with E-state index in [0.717, 1.165) is 16.6 Å². The van der Waals surface area contributed by atoms with Crippen molar-refractivity contribution < 1.29 is 5.11 Å². The Morgan fingerprint density at radius 3 is 2.31 bits per heavy atom. The lowest BCUT2D eigenvalue weighted by Gasteiger charge is -2.20. The monoisotopic (exact) mass is 174 g/mol. The molecule has 0 aliphatic heterocycles. The first kappa shape index (κ1) is 10.3. The first-order valence-electron chi connectivity index (χ1n) is 4.44. The average molecular weight is 174 g/mol. The van der Waals surface area contributed by atoms with Gasteiger partial charge in [0, 0.05) is 0 Å². The van der Waals surface area contributed by atoms with Gasteiger partial charge in [0.25, 0.3) is 0 Å². The van der Waals surface area contributed by atoms with Gasteiger partial charge < -0.3 is 5.11 Å². The van der Waals surface area contributed by atoms with E-state index in [1.165, 1.54) is 0 Å². The van der Waals surface area contributed by atoms with Gasteiger partial charge >= 0.3 is 0 Å². The van der Waals surface area contributed by atoms with Crippen LogP contribution < -0.4 is 5.46 Å². The molecule has 2 radical (unpaired) electrons. The van der Waals surface area contributed by atoms with E-state index >= 15 is 0 Å². The molecule has 0 bridgehead atoms. The van der Waals surface area contributed by atoms with E-state index in [1.807, 2.05) is 12.1 Å². The third-order valence-corrected chi connectivity index (χ3v) is 2.06. The number of hydrogen-bond acceptors (Lipinski definition) is 1. The Kier molecular flexibility index (Phi) is 2.82. The molecule has 0 heterocycles. The van der Waals surface area contributed by atoms with Crippen molar-refractivity contribution in [3.05, 3.63) is 29.3 Å². The van der Waals surface area contributed by atoms with Gasteiger partial charge in [-0.1, -0.05) is 44.4 Å². The third-order valence-electron chi connectivity index (χ3n) is 2.06. The average Bonchev–Trinajstić information content (AvgIpc) is 2.01. The highest BCUT2D eigenvalue weighted by Crippen LogP contribution is 2.21. The molecule has 0 aliphatic carbocycles. The maximum Gasteiger partial charge on any atom is 0.113 e. The van der Waals surface area contributed by atoms with Crippen LogP contribution >= 0.6 is 0 Å². The molecule has 2 heteroatoms. The predicted octanol–water partition coefficient (Wildman–Crippen LogP) is 1.27. The van der Waals surface area contributed by atoms with Crippen LogP contribution in [0, 0.1) is 0 Å². The topological polar surface area (TPSA) is 20.2 Å². The van der Waals surface area contributed by atoms with Gasteiger partial charge in [-0.2, -0.15) is 0 Å². The lowest BCUT2D eigenvalue weighted by molar-refractivity contribution is 0.281. The molecule has 68 valence electrons. The van der Waals surface area contributed by atoms with Crippen LogP contribution in [0.4, 0.5) is 0 Å². The summed E-state index contributed by atoms with van der Waals surface area (Å²) in [5, 5.41) is 9.00. The lowest BCUT2D eigenvalue weighted by atomic mass is 9.82. The maximum absolute atomic E-state index is 9.00. The number of rotatable bonds is 1. The molecule has 0 atom stereocenters. The van der Waals surface area contributed by atoms with Gasteiger partial charge in [0.2, 0.25) is 0 Å². The van der Waals surface area contributed by atoms with Crippen molar-refractivity contribution in [2.24, 2.45) is 0 Å². The van der Waals surface area contributed by atoms with Crippen molar-refractivity contribution in [1.82, 2.24) is 0 Å². The van der Waals surface area contributed by atoms with Crippen molar-refractivity contribution in [2.45, 2.75) is 32.8 Å². The van der Waals surface area contributed by atoms with E-state index in [9.17, 15) is 0 Å². The number of aliphatic hydroxyl groups is 1. The molecular weight excluding hydrogens is 159 g/mol. The summed E-state index contributed by atoms with van der Waals surface area (Å²) < 4.78 is 0. The zero-order valence-corrected chi connectivity index (χ0v) is 8.46. The summed E-state index contributed by atoms with van der Waals surface area (Å²) in [5.74, 6) is 0. The molecule has 0 fully saturated rings. The van der Waals surface area contributed by atoms with E-state index in [0.29, 0.717) is 0 Å². The summed E-state index contributed by atoms with van der Waals surface area (Å²) in [4.78, 5) is 0. The molecule has 0 saturated heterocycles. The standard InChI is InChI=1S/C11H15BO/c1-11(2,3)9-4-8(7-13)5-10(12)6-9/h4-6,13H,7H2,1-3H3. The Morgan fingerprint density at radius 2 is 1.85 bits per heavy atom. The van der Waals surface area contributed by atoms with Crippen LogP contribution in [-0.2, 0) is 12.0 Å². The minimum atomic E-state index is 0.0497. The summed E-state index contributed by atoms with van der Waals surface area (Å²) in [6, 6.07) is 5.75. The van der Waals surface area contributed by atoms with Crippen molar-refractivity contribution in [1.29, 1.82) is 0 Å². The fourth-order valence-corrected chi connectivity index (χ4v) is 1.24. The molecule has 0 saturated carbocycles. The number of benzene rings is 1. The van der Waals surface area contributed by atoms with Gasteiger partial charge in [0.15, 0.2) is 0 Å². The summed E-state index contributed by atoms with van der Waals surface area (Å²) in [7, 11) is 5.72. The first-order valence-corrected chi connectivity index (χ1v) is 4.44. The minimum absolute atomic E-state index is 0.0497. The Balaban J connectivity index is 3.16. The number of hydrogen-bond donors (Lipinski definition) is 1. The van der Waals surface area contributed by atoms with Gasteiger partial charge in [-0.3, -0.25) is 0 Å². The van der Waals surface area contributed by atoms with Crippen LogP contribution in [0.3, 0.4) is 0 Å². The largest absolute Gasteiger partial charge is 0.392 e. The van der Waals surface area contributed by atoms with Crippen LogP contribution in [0.1, 0.15) is 31.9 Å². The normalized spacial score (nSPS) is 11.7. The lowest BCUT2D eigenvalue weighted by Crippen LogP contribution is -2.16. The second kappa shape index (κ2) is 3.55. The fraction of sp³-hybridized carbons (Fsp3) is 0.455. The van der Waals surface area contributed by atoms with E-state index in [4.69, 9.17) is 13.0 Å². The Labute approximate surface area is 81.2 Å². The molecule has 0 unspecified atom stereocenters. The van der Waals surface area contributed by atoms with Gasteiger partial charge in [0.1, 0.15) is 7.85 Å². The first-order chi connectivity index (χ1) is 5.93. The van der Waals surface area contributed by atoms with E-state index in [1.54, 1.807) is 6.07 Å². The van der Waals surface area contributed by atoms with Crippen LogP contribution in [0.15, 0.2) is 18.2 Å². The van der Waals surface area contributed by atoms with Gasteiger partial charge in [-0.05, 0) is 16.5 Å². The molecule has 1 rings (SSSR count). The SMILES string of the molecule is [B]c1cc(CO)cc(C(C)(C)C)c1. The summed E-state index contributed by atoms with van der Waals surface area (Å²) in [5.41, 5.74) is 2.84. The van der Waals surface area contributed by atoms with E-state index in [2.05, 4.69) is 20.8 Å². The summed E-state index contributed by atoms with van der Waals surface area (Å²) >= 11 is 0. The zero-order chi connectivity index (χ0) is 10.1. The summed E-state index contributed by atoms with van der Waals surface area (Å²) in [6.45, 7) is 6.43. The summed E-state index contributed by atoms with van der Waals surface area (Å²) in [6.07, 6.45) is 0. The van der Waals surface area contributed by atoms with Crippen LogP contribution in [0.25, 0.3) is 0 Å². The molecule has 13 heavy (non-hydrogen) atoms. The van der Waals surface area contributed by atoms with Crippen LogP contribution in [-0.4, -0.2) is 13.0 Å². The van der Waals surface area contributed by atoms with Crippen molar-refractivity contribution in [3.63, 3.8) is 0 Å². The highest BCUT2D eigenvalue weighted by molar-refractivity contribution is 6.32. The molecule has 1 aromatic rings. The fourth-order valence-electron chi connectivity index (χ4n) is 1.24.